The van der Waals surface area contributed by atoms with Gasteiger partial charge in [0.15, 0.2) is 0 Å². The van der Waals surface area contributed by atoms with Gasteiger partial charge in [-0.15, -0.1) is 0 Å². The highest BCUT2D eigenvalue weighted by atomic mass is 32.2. The van der Waals surface area contributed by atoms with Gasteiger partial charge >= 0.3 is 10.1 Å². The summed E-state index contributed by atoms with van der Waals surface area (Å²) < 4.78 is 29.5. The van der Waals surface area contributed by atoms with Crippen LogP contribution in [0.5, 0.6) is 5.75 Å². The quantitative estimate of drug-likeness (QED) is 0.535. The van der Waals surface area contributed by atoms with Gasteiger partial charge in [0.2, 0.25) is 0 Å². The van der Waals surface area contributed by atoms with Crippen LogP contribution in [0.15, 0.2) is 70.7 Å². The molecule has 0 aromatic heterocycles. The van der Waals surface area contributed by atoms with Crippen molar-refractivity contribution < 1.29 is 17.8 Å². The van der Waals surface area contributed by atoms with Crippen molar-refractivity contribution in [3.63, 3.8) is 0 Å². The molecule has 134 valence electrons. The number of fused-ring (bicyclic) bond motifs is 1. The molecule has 0 fully saturated rings. The maximum atomic E-state index is 12.3. The Kier molecular flexibility index (Phi) is 4.95. The highest BCUT2D eigenvalue weighted by Gasteiger charge is 2.17. The van der Waals surface area contributed by atoms with Gasteiger partial charge in [0.1, 0.15) is 10.6 Å². The van der Waals surface area contributed by atoms with Crippen LogP contribution in [0.2, 0.25) is 0 Å². The minimum absolute atomic E-state index is 0.0324. The lowest BCUT2D eigenvalue weighted by atomic mass is 10.0. The molecule has 0 aliphatic carbocycles. The van der Waals surface area contributed by atoms with E-state index in [1.54, 1.807) is 24.3 Å². The maximum Gasteiger partial charge on any atom is 0.358 e. The Morgan fingerprint density at radius 3 is 2.42 bits per heavy atom. The van der Waals surface area contributed by atoms with E-state index in [1.807, 2.05) is 38.1 Å². The Morgan fingerprint density at radius 1 is 1.04 bits per heavy atom. The Labute approximate surface area is 152 Å². The number of oxime groups is 1. The fourth-order valence-corrected chi connectivity index (χ4v) is 3.38. The lowest BCUT2D eigenvalue weighted by Gasteiger charge is -2.09. The summed E-state index contributed by atoms with van der Waals surface area (Å²) >= 11 is 0. The molecule has 6 heteroatoms. The third-order valence-electron chi connectivity index (χ3n) is 4.10. The summed E-state index contributed by atoms with van der Waals surface area (Å²) in [7, 11) is -4.01. The van der Waals surface area contributed by atoms with E-state index >= 15 is 0 Å². The fraction of sp³-hybridized carbons (Fsp3) is 0.150. The standard InChI is InChI=1S/C20H19NO4S/c1-3-19(18-13-10-15-6-4-5-7-17(15)20(18)22)21-25-26(23,24)16-11-8-14(2)9-12-16/h4-13,22H,3H2,1-2H3/b21-19+. The average molecular weight is 369 g/mol. The van der Waals surface area contributed by atoms with Crippen molar-refractivity contribution in [1.29, 1.82) is 0 Å². The highest BCUT2D eigenvalue weighted by molar-refractivity contribution is 7.86. The largest absolute Gasteiger partial charge is 0.507 e. The summed E-state index contributed by atoms with van der Waals surface area (Å²) in [6.07, 6.45) is 0.398. The van der Waals surface area contributed by atoms with Gasteiger partial charge in [-0.1, -0.05) is 60.1 Å². The Hall–Kier alpha value is -2.86. The number of benzene rings is 3. The first kappa shape index (κ1) is 17.9. The molecular weight excluding hydrogens is 350 g/mol. The molecule has 0 saturated heterocycles. The van der Waals surface area contributed by atoms with Crippen LogP contribution in [0, 0.1) is 6.92 Å². The van der Waals surface area contributed by atoms with Gasteiger partial charge in [0.25, 0.3) is 0 Å². The molecule has 1 N–H and O–H groups in total. The minimum atomic E-state index is -4.01. The molecule has 0 atom stereocenters. The van der Waals surface area contributed by atoms with Gasteiger partial charge in [-0.3, -0.25) is 4.28 Å². The third kappa shape index (κ3) is 3.55. The molecule has 0 unspecified atom stereocenters. The minimum Gasteiger partial charge on any atom is -0.507 e. The molecule has 0 saturated carbocycles. The van der Waals surface area contributed by atoms with Crippen LogP contribution >= 0.6 is 0 Å². The van der Waals surface area contributed by atoms with E-state index in [4.69, 9.17) is 4.28 Å². The molecule has 3 aromatic carbocycles. The summed E-state index contributed by atoms with van der Waals surface area (Å²) in [4.78, 5) is 0.0324. The number of nitrogens with zero attached hydrogens (tertiary/aromatic N) is 1. The molecule has 3 rings (SSSR count). The van der Waals surface area contributed by atoms with E-state index in [1.165, 1.54) is 12.1 Å². The number of aromatic hydroxyl groups is 1. The topological polar surface area (TPSA) is 76.0 Å². The van der Waals surface area contributed by atoms with Crippen LogP contribution < -0.4 is 0 Å². The van der Waals surface area contributed by atoms with Crippen LogP contribution in [0.3, 0.4) is 0 Å². The number of phenolic OH excluding ortho intramolecular Hbond substituents is 1. The summed E-state index contributed by atoms with van der Waals surface area (Å²) in [6.45, 7) is 3.68. The second kappa shape index (κ2) is 7.17. The number of rotatable bonds is 5. The Morgan fingerprint density at radius 2 is 1.73 bits per heavy atom. The maximum absolute atomic E-state index is 12.3. The van der Waals surface area contributed by atoms with E-state index in [9.17, 15) is 13.5 Å². The van der Waals surface area contributed by atoms with E-state index in [0.717, 1.165) is 10.9 Å². The smallest absolute Gasteiger partial charge is 0.358 e. The van der Waals surface area contributed by atoms with Crippen molar-refractivity contribution in [2.75, 3.05) is 0 Å². The van der Waals surface area contributed by atoms with Gasteiger partial charge < -0.3 is 5.11 Å². The van der Waals surface area contributed by atoms with E-state index in [0.29, 0.717) is 23.1 Å². The summed E-state index contributed by atoms with van der Waals surface area (Å²) in [5.74, 6) is 0.0556. The van der Waals surface area contributed by atoms with Crippen molar-refractivity contribution in [3.05, 3.63) is 71.8 Å². The zero-order valence-electron chi connectivity index (χ0n) is 14.5. The van der Waals surface area contributed by atoms with E-state index < -0.39 is 10.1 Å². The van der Waals surface area contributed by atoms with Crippen molar-refractivity contribution in [1.82, 2.24) is 0 Å². The predicted molar refractivity (Wildman–Crippen MR) is 102 cm³/mol. The van der Waals surface area contributed by atoms with Crippen LogP contribution in [-0.4, -0.2) is 19.2 Å². The summed E-state index contributed by atoms with van der Waals surface area (Å²) in [5, 5.41) is 15.9. The average Bonchev–Trinajstić information content (AvgIpc) is 2.64. The predicted octanol–water partition coefficient (Wildman–Crippen LogP) is 4.37. The molecule has 26 heavy (non-hydrogen) atoms. The van der Waals surface area contributed by atoms with Crippen LogP contribution in [0.25, 0.3) is 10.8 Å². The van der Waals surface area contributed by atoms with E-state index in [-0.39, 0.29) is 10.6 Å². The van der Waals surface area contributed by atoms with Crippen LogP contribution in [0.1, 0.15) is 24.5 Å². The molecule has 0 spiro atoms. The van der Waals surface area contributed by atoms with Gasteiger partial charge in [-0.2, -0.15) is 8.42 Å². The molecule has 0 amide bonds. The molecule has 5 nitrogen and oxygen atoms in total. The normalized spacial score (nSPS) is 12.3. The van der Waals surface area contributed by atoms with Gasteiger partial charge in [0.05, 0.1) is 5.71 Å². The van der Waals surface area contributed by atoms with Crippen molar-refractivity contribution in [2.45, 2.75) is 25.2 Å². The monoisotopic (exact) mass is 369 g/mol. The second-order valence-corrected chi connectivity index (χ2v) is 7.44. The second-order valence-electron chi connectivity index (χ2n) is 5.92. The number of hydrogen-bond donors (Lipinski definition) is 1. The first-order valence-corrected chi connectivity index (χ1v) is 9.61. The molecule has 0 heterocycles. The fourth-order valence-electron chi connectivity index (χ4n) is 2.63. The molecule has 0 aliphatic rings. The third-order valence-corrected chi connectivity index (χ3v) is 5.22. The van der Waals surface area contributed by atoms with Crippen LogP contribution in [-0.2, 0) is 14.4 Å². The van der Waals surface area contributed by atoms with Gasteiger partial charge in [-0.05, 0) is 36.9 Å². The first-order valence-electron chi connectivity index (χ1n) is 8.20. The zero-order valence-corrected chi connectivity index (χ0v) is 15.3. The highest BCUT2D eigenvalue weighted by Crippen LogP contribution is 2.30. The molecular formula is C20H19NO4S. The van der Waals surface area contributed by atoms with Crippen molar-refractivity contribution >= 4 is 26.6 Å². The lowest BCUT2D eigenvalue weighted by Crippen LogP contribution is -2.07. The molecule has 3 aromatic rings. The molecule has 0 bridgehead atoms. The molecule has 0 aliphatic heterocycles. The molecule has 0 radical (unpaired) electrons. The van der Waals surface area contributed by atoms with Gasteiger partial charge in [-0.25, -0.2) is 0 Å². The number of hydrogen-bond acceptors (Lipinski definition) is 5. The first-order chi connectivity index (χ1) is 12.4. The SMILES string of the molecule is CC/C(=N\OS(=O)(=O)c1ccc(C)cc1)c1ccc2ccccc2c1O. The lowest BCUT2D eigenvalue weighted by molar-refractivity contribution is 0.338. The number of phenols is 1. The summed E-state index contributed by atoms with van der Waals surface area (Å²) in [6, 6.07) is 17.3. The zero-order chi connectivity index (χ0) is 18.7. The van der Waals surface area contributed by atoms with Crippen molar-refractivity contribution in [2.24, 2.45) is 5.16 Å². The Bertz CT molecular complexity index is 1070. The summed E-state index contributed by atoms with van der Waals surface area (Å²) in [5.41, 5.74) is 1.75. The van der Waals surface area contributed by atoms with E-state index in [2.05, 4.69) is 5.16 Å². The Balaban J connectivity index is 1.96. The van der Waals surface area contributed by atoms with Crippen LogP contribution in [0.4, 0.5) is 0 Å². The van der Waals surface area contributed by atoms with Gasteiger partial charge in [0, 0.05) is 10.9 Å². The number of aryl methyl sites for hydroxylation is 1. The van der Waals surface area contributed by atoms with Crippen molar-refractivity contribution in [3.8, 4) is 5.75 Å².